The van der Waals surface area contributed by atoms with E-state index in [-0.39, 0.29) is 23.8 Å². The summed E-state index contributed by atoms with van der Waals surface area (Å²) in [4.78, 5) is 29.8. The van der Waals surface area contributed by atoms with Crippen LogP contribution in [-0.4, -0.2) is 61.4 Å². The first-order valence-electron chi connectivity index (χ1n) is 12.3. The SMILES string of the molecule is COc1ccc(C(CNC(=O)C2CCN(C(=O)/C=C/c3ccccc3)CC2)N2CCCC2)cc1. The molecule has 0 radical (unpaired) electrons. The van der Waals surface area contributed by atoms with E-state index < -0.39 is 0 Å². The molecule has 4 rings (SSSR count). The molecule has 0 saturated carbocycles. The second kappa shape index (κ2) is 11.8. The summed E-state index contributed by atoms with van der Waals surface area (Å²) in [5, 5.41) is 3.22. The van der Waals surface area contributed by atoms with E-state index in [9.17, 15) is 9.59 Å². The first-order valence-corrected chi connectivity index (χ1v) is 12.3. The van der Waals surface area contributed by atoms with Crippen molar-refractivity contribution < 1.29 is 14.3 Å². The van der Waals surface area contributed by atoms with Crippen LogP contribution in [0.15, 0.2) is 60.7 Å². The summed E-state index contributed by atoms with van der Waals surface area (Å²) in [6.45, 7) is 3.95. The smallest absolute Gasteiger partial charge is 0.246 e. The Hall–Kier alpha value is -3.12. The number of hydrogen-bond donors (Lipinski definition) is 1. The highest BCUT2D eigenvalue weighted by Crippen LogP contribution is 2.27. The number of hydrogen-bond acceptors (Lipinski definition) is 4. The summed E-state index contributed by atoms with van der Waals surface area (Å²) in [6.07, 6.45) is 7.28. The molecule has 0 aliphatic carbocycles. The zero-order chi connectivity index (χ0) is 23.8. The Morgan fingerprint density at radius 2 is 1.68 bits per heavy atom. The largest absolute Gasteiger partial charge is 0.497 e. The van der Waals surface area contributed by atoms with E-state index in [1.165, 1.54) is 18.4 Å². The molecular weight excluding hydrogens is 426 g/mol. The van der Waals surface area contributed by atoms with Crippen molar-refractivity contribution in [3.63, 3.8) is 0 Å². The van der Waals surface area contributed by atoms with Crippen LogP contribution in [0.4, 0.5) is 0 Å². The van der Waals surface area contributed by atoms with E-state index in [1.54, 1.807) is 13.2 Å². The second-order valence-corrected chi connectivity index (χ2v) is 9.12. The van der Waals surface area contributed by atoms with Crippen molar-refractivity contribution in [2.45, 2.75) is 31.7 Å². The number of piperidine rings is 1. The van der Waals surface area contributed by atoms with Gasteiger partial charge < -0.3 is 15.0 Å². The molecule has 34 heavy (non-hydrogen) atoms. The van der Waals surface area contributed by atoms with Gasteiger partial charge in [0.1, 0.15) is 5.75 Å². The van der Waals surface area contributed by atoms with Gasteiger partial charge in [0.25, 0.3) is 0 Å². The minimum Gasteiger partial charge on any atom is -0.497 e. The number of amides is 2. The summed E-state index contributed by atoms with van der Waals surface area (Å²) < 4.78 is 5.30. The number of nitrogens with one attached hydrogen (secondary N) is 1. The number of methoxy groups -OCH3 is 1. The minimum absolute atomic E-state index is 0.0105. The Morgan fingerprint density at radius 1 is 1.00 bits per heavy atom. The number of ether oxygens (including phenoxy) is 1. The van der Waals surface area contributed by atoms with Crippen LogP contribution in [0.2, 0.25) is 0 Å². The van der Waals surface area contributed by atoms with Crippen molar-refractivity contribution in [3.8, 4) is 5.75 Å². The maximum atomic E-state index is 13.0. The molecule has 6 heteroatoms. The topological polar surface area (TPSA) is 61.9 Å². The number of carbonyl (C=O) groups is 2. The van der Waals surface area contributed by atoms with Gasteiger partial charge >= 0.3 is 0 Å². The first kappa shape index (κ1) is 24.0. The normalized spacial score (nSPS) is 18.2. The maximum Gasteiger partial charge on any atom is 0.246 e. The summed E-state index contributed by atoms with van der Waals surface area (Å²) in [7, 11) is 1.67. The van der Waals surface area contributed by atoms with Gasteiger partial charge in [0.15, 0.2) is 0 Å². The molecule has 6 nitrogen and oxygen atoms in total. The van der Waals surface area contributed by atoms with Crippen LogP contribution in [0.1, 0.15) is 42.9 Å². The van der Waals surface area contributed by atoms with E-state index in [0.717, 1.165) is 24.4 Å². The van der Waals surface area contributed by atoms with Crippen molar-refractivity contribution in [2.75, 3.05) is 39.8 Å². The van der Waals surface area contributed by atoms with Gasteiger partial charge in [0.05, 0.1) is 13.2 Å². The summed E-state index contributed by atoms with van der Waals surface area (Å²) in [5.74, 6) is 0.908. The Balaban J connectivity index is 1.28. The number of carbonyl (C=O) groups excluding carboxylic acids is 2. The van der Waals surface area contributed by atoms with Gasteiger partial charge in [-0.1, -0.05) is 42.5 Å². The van der Waals surface area contributed by atoms with E-state index >= 15 is 0 Å². The minimum atomic E-state index is -0.0442. The molecule has 2 aliphatic heterocycles. The molecule has 0 aromatic heterocycles. The zero-order valence-electron chi connectivity index (χ0n) is 20.0. The molecule has 2 aromatic carbocycles. The van der Waals surface area contributed by atoms with Crippen LogP contribution in [0, 0.1) is 5.92 Å². The van der Waals surface area contributed by atoms with Gasteiger partial charge in [-0.15, -0.1) is 0 Å². The predicted octanol–water partition coefficient (Wildman–Crippen LogP) is 3.90. The molecular formula is C28H35N3O3. The first-order chi connectivity index (χ1) is 16.6. The lowest BCUT2D eigenvalue weighted by Crippen LogP contribution is -2.44. The molecule has 0 bridgehead atoms. The monoisotopic (exact) mass is 461 g/mol. The van der Waals surface area contributed by atoms with Crippen molar-refractivity contribution >= 4 is 17.9 Å². The molecule has 180 valence electrons. The molecule has 1 atom stereocenters. The van der Waals surface area contributed by atoms with E-state index in [0.29, 0.717) is 32.5 Å². The molecule has 0 spiro atoms. The molecule has 2 heterocycles. The van der Waals surface area contributed by atoms with Crippen molar-refractivity contribution in [2.24, 2.45) is 5.92 Å². The standard InChI is InChI=1S/C28H35N3O3/c1-34-25-12-10-23(11-13-25)26(30-17-5-6-18-30)21-29-28(33)24-15-19-31(20-16-24)27(32)14-9-22-7-3-2-4-8-22/h2-4,7-14,24,26H,5-6,15-21H2,1H3,(H,29,33)/b14-9+. The molecule has 2 aliphatic rings. The molecule has 2 fully saturated rings. The Bertz CT molecular complexity index is 960. The second-order valence-electron chi connectivity index (χ2n) is 9.12. The lowest BCUT2D eigenvalue weighted by molar-refractivity contribution is -0.132. The van der Waals surface area contributed by atoms with Gasteiger partial charge in [0.2, 0.25) is 11.8 Å². The van der Waals surface area contributed by atoms with Gasteiger partial charge in [-0.05, 0) is 68.1 Å². The third-order valence-electron chi connectivity index (χ3n) is 6.95. The zero-order valence-corrected chi connectivity index (χ0v) is 20.0. The summed E-state index contributed by atoms with van der Waals surface area (Å²) in [5.41, 5.74) is 2.21. The van der Waals surface area contributed by atoms with Crippen LogP contribution in [0.3, 0.4) is 0 Å². The van der Waals surface area contributed by atoms with Crippen LogP contribution in [0.25, 0.3) is 6.08 Å². The van der Waals surface area contributed by atoms with Crippen LogP contribution in [0.5, 0.6) is 5.75 Å². The Kier molecular flexibility index (Phi) is 8.36. The fraction of sp³-hybridized carbons (Fsp3) is 0.429. The average molecular weight is 462 g/mol. The fourth-order valence-corrected chi connectivity index (χ4v) is 4.88. The van der Waals surface area contributed by atoms with Crippen molar-refractivity contribution in [1.29, 1.82) is 0 Å². The van der Waals surface area contributed by atoms with Gasteiger partial charge in [0, 0.05) is 31.6 Å². The fourth-order valence-electron chi connectivity index (χ4n) is 4.88. The molecule has 2 aromatic rings. The number of benzene rings is 2. The lowest BCUT2D eigenvalue weighted by Gasteiger charge is -2.32. The third-order valence-corrected chi connectivity index (χ3v) is 6.95. The summed E-state index contributed by atoms with van der Waals surface area (Å²) in [6, 6.07) is 18.2. The van der Waals surface area contributed by atoms with Gasteiger partial charge in [-0.25, -0.2) is 0 Å². The van der Waals surface area contributed by atoms with Gasteiger partial charge in [-0.2, -0.15) is 0 Å². The Labute approximate surface area is 202 Å². The highest BCUT2D eigenvalue weighted by Gasteiger charge is 2.29. The predicted molar refractivity (Wildman–Crippen MR) is 134 cm³/mol. The van der Waals surface area contributed by atoms with Crippen molar-refractivity contribution in [3.05, 3.63) is 71.8 Å². The molecule has 2 saturated heterocycles. The highest BCUT2D eigenvalue weighted by atomic mass is 16.5. The molecule has 1 N–H and O–H groups in total. The lowest BCUT2D eigenvalue weighted by atomic mass is 9.95. The van der Waals surface area contributed by atoms with Crippen LogP contribution in [-0.2, 0) is 9.59 Å². The quantitative estimate of drug-likeness (QED) is 0.606. The Morgan fingerprint density at radius 3 is 2.32 bits per heavy atom. The van der Waals surface area contributed by atoms with E-state index in [2.05, 4.69) is 22.3 Å². The molecule has 1 unspecified atom stereocenters. The molecule has 2 amide bonds. The van der Waals surface area contributed by atoms with Crippen LogP contribution < -0.4 is 10.1 Å². The van der Waals surface area contributed by atoms with Gasteiger partial charge in [-0.3, -0.25) is 14.5 Å². The summed E-state index contributed by atoms with van der Waals surface area (Å²) >= 11 is 0. The number of likely N-dealkylation sites (tertiary alicyclic amines) is 2. The van der Waals surface area contributed by atoms with Crippen LogP contribution >= 0.6 is 0 Å². The highest BCUT2D eigenvalue weighted by molar-refractivity contribution is 5.92. The van der Waals surface area contributed by atoms with Crippen molar-refractivity contribution in [1.82, 2.24) is 15.1 Å². The average Bonchev–Trinajstić information content (AvgIpc) is 3.43. The maximum absolute atomic E-state index is 13.0. The number of nitrogens with zero attached hydrogens (tertiary/aromatic N) is 2. The number of rotatable bonds is 8. The van der Waals surface area contributed by atoms with E-state index in [1.807, 2.05) is 53.4 Å². The van der Waals surface area contributed by atoms with E-state index in [4.69, 9.17) is 4.74 Å². The third kappa shape index (κ3) is 6.26.